The topological polar surface area (TPSA) is 20.1 Å². The monoisotopic (exact) mass is 152 g/mol. The third kappa shape index (κ3) is 4.29. The fourth-order valence-corrected chi connectivity index (χ4v) is 0.614. The molecule has 0 heterocycles. The van der Waals surface area contributed by atoms with Gasteiger partial charge in [-0.25, -0.2) is 0 Å². The summed E-state index contributed by atoms with van der Waals surface area (Å²) in [5.41, 5.74) is 0.455. The van der Waals surface area contributed by atoms with E-state index in [1.807, 2.05) is 18.4 Å². The Morgan fingerprint density at radius 2 is 2.09 bits per heavy atom. The van der Waals surface area contributed by atoms with Gasteiger partial charge in [0.25, 0.3) is 0 Å². The van der Waals surface area contributed by atoms with E-state index < -0.39 is 0 Å². The molecule has 0 radical (unpaired) electrons. The molecule has 0 saturated carbocycles. The minimum atomic E-state index is 0.455. The Labute approximate surface area is 67.5 Å². The summed E-state index contributed by atoms with van der Waals surface area (Å²) in [6.45, 7) is 9.38. The first-order valence-electron chi connectivity index (χ1n) is 3.73. The molecular weight excluding hydrogens is 138 g/mol. The Hall–Kier alpha value is -1.14. The molecule has 0 aromatic carbocycles. The molecule has 0 rings (SSSR count). The maximum atomic E-state index is 10.1. The van der Waals surface area contributed by atoms with Crippen molar-refractivity contribution in [2.24, 2.45) is 0 Å². The van der Waals surface area contributed by atoms with Crippen molar-refractivity contribution in [3.05, 3.63) is 18.2 Å². The van der Waals surface area contributed by atoms with E-state index >= 15 is 0 Å². The number of carbonyl (C=O) groups is 1. The van der Waals surface area contributed by atoms with E-state index in [9.17, 15) is 4.79 Å². The van der Waals surface area contributed by atoms with E-state index in [0.29, 0.717) is 5.57 Å². The molecule has 0 amide bonds. The molecular formula is C9H14NO+. The van der Waals surface area contributed by atoms with Crippen molar-refractivity contribution < 1.29 is 9.37 Å². The average Bonchev–Trinajstić information content (AvgIpc) is 2.06. The van der Waals surface area contributed by atoms with Crippen molar-refractivity contribution >= 4 is 12.2 Å². The van der Waals surface area contributed by atoms with Gasteiger partial charge in [0.2, 0.25) is 0 Å². The second-order valence-electron chi connectivity index (χ2n) is 2.14. The molecule has 0 bridgehead atoms. The summed E-state index contributed by atoms with van der Waals surface area (Å²) in [5.74, 6) is 2.95. The second-order valence-corrected chi connectivity index (χ2v) is 2.14. The Kier molecular flexibility index (Phi) is 5.05. The molecule has 0 N–H and O–H groups in total. The average molecular weight is 152 g/mol. The SMILES string of the molecule is C=C(C=O)C=C=[N+](CC)CC. The van der Waals surface area contributed by atoms with Gasteiger partial charge in [-0.1, -0.05) is 6.58 Å². The quantitative estimate of drug-likeness (QED) is 0.194. The number of nitrogens with zero attached hydrogens (tertiary/aromatic N) is 1. The van der Waals surface area contributed by atoms with Gasteiger partial charge in [0.1, 0.15) is 19.4 Å². The van der Waals surface area contributed by atoms with Crippen LogP contribution in [0.3, 0.4) is 0 Å². The fourth-order valence-electron chi connectivity index (χ4n) is 0.614. The molecule has 0 unspecified atom stereocenters. The van der Waals surface area contributed by atoms with Crippen LogP contribution in [0, 0.1) is 0 Å². The molecule has 0 aliphatic rings. The van der Waals surface area contributed by atoms with Gasteiger partial charge in [0.15, 0.2) is 5.87 Å². The lowest BCUT2D eigenvalue weighted by molar-refractivity contribution is -0.513. The Morgan fingerprint density at radius 3 is 2.45 bits per heavy atom. The van der Waals surface area contributed by atoms with Crippen molar-refractivity contribution in [1.82, 2.24) is 0 Å². The van der Waals surface area contributed by atoms with E-state index in [2.05, 4.69) is 12.4 Å². The van der Waals surface area contributed by atoms with Crippen LogP contribution in [0.1, 0.15) is 13.8 Å². The number of aldehydes is 1. The van der Waals surface area contributed by atoms with Gasteiger partial charge in [-0.05, 0) is 13.8 Å². The summed E-state index contributed by atoms with van der Waals surface area (Å²) in [6.07, 6.45) is 2.32. The maximum absolute atomic E-state index is 10.1. The van der Waals surface area contributed by atoms with E-state index in [4.69, 9.17) is 0 Å². The van der Waals surface area contributed by atoms with Gasteiger partial charge in [-0.15, -0.1) is 0 Å². The van der Waals surface area contributed by atoms with Crippen molar-refractivity contribution in [2.75, 3.05) is 13.1 Å². The molecule has 0 saturated heterocycles. The van der Waals surface area contributed by atoms with Crippen molar-refractivity contribution in [3.63, 3.8) is 0 Å². The number of carbonyl (C=O) groups excluding carboxylic acids is 1. The minimum Gasteiger partial charge on any atom is -0.298 e. The Morgan fingerprint density at radius 1 is 1.55 bits per heavy atom. The van der Waals surface area contributed by atoms with Crippen LogP contribution in [0.25, 0.3) is 0 Å². The molecule has 60 valence electrons. The molecule has 0 fully saturated rings. The van der Waals surface area contributed by atoms with Gasteiger partial charge in [0.05, 0.1) is 6.08 Å². The van der Waals surface area contributed by atoms with Crippen LogP contribution >= 0.6 is 0 Å². The van der Waals surface area contributed by atoms with Crippen LogP contribution in [-0.2, 0) is 4.79 Å². The summed E-state index contributed by atoms with van der Waals surface area (Å²) >= 11 is 0. The van der Waals surface area contributed by atoms with E-state index in [1.165, 1.54) is 0 Å². The fraction of sp³-hybridized carbons (Fsp3) is 0.444. The number of rotatable bonds is 4. The first-order chi connectivity index (χ1) is 5.24. The Bertz CT molecular complexity index is 204. The molecule has 2 heteroatoms. The lowest BCUT2D eigenvalue weighted by atomic mass is 10.3. The van der Waals surface area contributed by atoms with E-state index in [-0.39, 0.29) is 0 Å². The highest BCUT2D eigenvalue weighted by Gasteiger charge is 1.90. The van der Waals surface area contributed by atoms with Crippen LogP contribution in [-0.4, -0.2) is 29.8 Å². The molecule has 0 aliphatic carbocycles. The summed E-state index contributed by atoms with van der Waals surface area (Å²) in [4.78, 5) is 10.1. The van der Waals surface area contributed by atoms with Crippen LogP contribution in [0.2, 0.25) is 0 Å². The first kappa shape index (κ1) is 9.86. The zero-order chi connectivity index (χ0) is 8.69. The first-order valence-corrected chi connectivity index (χ1v) is 3.73. The number of hydrogen-bond donors (Lipinski definition) is 0. The van der Waals surface area contributed by atoms with Gasteiger partial charge >= 0.3 is 0 Å². The minimum absolute atomic E-state index is 0.455. The smallest absolute Gasteiger partial charge is 0.167 e. The lowest BCUT2D eigenvalue weighted by Gasteiger charge is -1.87. The van der Waals surface area contributed by atoms with Crippen LogP contribution < -0.4 is 0 Å². The van der Waals surface area contributed by atoms with Crippen LogP contribution in [0.5, 0.6) is 0 Å². The standard InChI is InChI=1S/C9H14NO/c1-4-10(5-2)7-6-9(3)8-11/h6,8H,3-5H2,1-2H3/q+1. The summed E-state index contributed by atoms with van der Waals surface area (Å²) in [6, 6.07) is 0. The molecule has 0 atom stereocenters. The number of allylic oxidation sites excluding steroid dienone is 2. The van der Waals surface area contributed by atoms with Crippen LogP contribution in [0.4, 0.5) is 0 Å². The molecule has 0 aromatic rings. The van der Waals surface area contributed by atoms with Gasteiger partial charge < -0.3 is 0 Å². The third-order valence-corrected chi connectivity index (χ3v) is 1.35. The van der Waals surface area contributed by atoms with Crippen molar-refractivity contribution in [3.8, 4) is 0 Å². The highest BCUT2D eigenvalue weighted by atomic mass is 16.1. The molecule has 0 aromatic heterocycles. The predicted molar refractivity (Wildman–Crippen MR) is 46.1 cm³/mol. The summed E-state index contributed by atoms with van der Waals surface area (Å²) in [5, 5.41) is 0. The van der Waals surface area contributed by atoms with Gasteiger partial charge in [0, 0.05) is 5.57 Å². The molecule has 11 heavy (non-hydrogen) atoms. The van der Waals surface area contributed by atoms with E-state index in [0.717, 1.165) is 19.4 Å². The molecule has 0 aliphatic heterocycles. The van der Waals surface area contributed by atoms with Crippen LogP contribution in [0.15, 0.2) is 18.2 Å². The Balaban J connectivity index is 4.35. The lowest BCUT2D eigenvalue weighted by Crippen LogP contribution is -2.08. The van der Waals surface area contributed by atoms with E-state index in [1.54, 1.807) is 6.08 Å². The maximum Gasteiger partial charge on any atom is 0.167 e. The van der Waals surface area contributed by atoms with Gasteiger partial charge in [-0.3, -0.25) is 4.79 Å². The molecule has 2 nitrogen and oxygen atoms in total. The highest BCUT2D eigenvalue weighted by molar-refractivity contribution is 5.80. The zero-order valence-corrected chi connectivity index (χ0v) is 7.13. The second kappa shape index (κ2) is 5.63. The highest BCUT2D eigenvalue weighted by Crippen LogP contribution is 1.80. The van der Waals surface area contributed by atoms with Gasteiger partial charge in [-0.2, -0.15) is 4.58 Å². The van der Waals surface area contributed by atoms with Crippen molar-refractivity contribution in [2.45, 2.75) is 13.8 Å². The third-order valence-electron chi connectivity index (χ3n) is 1.35. The molecule has 0 spiro atoms. The normalized spacial score (nSPS) is 8.18. The summed E-state index contributed by atoms with van der Waals surface area (Å²) in [7, 11) is 0. The largest absolute Gasteiger partial charge is 0.298 e. The zero-order valence-electron chi connectivity index (χ0n) is 7.13. The predicted octanol–water partition coefficient (Wildman–Crippen LogP) is 1.02. The summed E-state index contributed by atoms with van der Waals surface area (Å²) < 4.78 is 1.97. The van der Waals surface area contributed by atoms with Crippen molar-refractivity contribution in [1.29, 1.82) is 0 Å². The number of hydrogen-bond acceptors (Lipinski definition) is 1.